The second-order valence-electron chi connectivity index (χ2n) is 4.05. The molecule has 1 aromatic heterocycles. The first-order chi connectivity index (χ1) is 7.75. The molecule has 0 unspecified atom stereocenters. The van der Waals surface area contributed by atoms with Crippen LogP contribution in [0, 0.1) is 0 Å². The van der Waals surface area contributed by atoms with E-state index in [9.17, 15) is 4.79 Å². The molecular weight excluding hydrogens is 317 g/mol. The minimum atomic E-state index is -0.0354. The molecule has 16 heavy (non-hydrogen) atoms. The third-order valence-corrected chi connectivity index (χ3v) is 4.08. The molecule has 0 radical (unpaired) electrons. The van der Waals surface area contributed by atoms with Gasteiger partial charge >= 0.3 is 0 Å². The Kier molecular flexibility index (Phi) is 4.09. The smallest absolute Gasteiger partial charge is 0.253 e. The van der Waals surface area contributed by atoms with Crippen molar-refractivity contribution in [2.45, 2.75) is 35.6 Å². The number of carbonyl (C=O) groups excluding carboxylic acids is 1. The van der Waals surface area contributed by atoms with Crippen LogP contribution in [0.15, 0.2) is 18.5 Å². The van der Waals surface area contributed by atoms with Crippen molar-refractivity contribution in [1.29, 1.82) is 0 Å². The van der Waals surface area contributed by atoms with E-state index >= 15 is 0 Å². The first-order valence-corrected chi connectivity index (χ1v) is 6.72. The van der Waals surface area contributed by atoms with E-state index in [2.05, 4.69) is 38.1 Å². The maximum atomic E-state index is 11.8. The Morgan fingerprint density at radius 3 is 2.69 bits per heavy atom. The fraction of sp³-hybridized carbons (Fsp3) is 0.545. The van der Waals surface area contributed by atoms with Crippen LogP contribution < -0.4 is 5.32 Å². The number of rotatable bonds is 2. The normalized spacial score (nSPS) is 25.1. The largest absolute Gasteiger partial charge is 0.349 e. The highest BCUT2D eigenvalue weighted by Crippen LogP contribution is 2.24. The van der Waals surface area contributed by atoms with Gasteiger partial charge in [-0.2, -0.15) is 10.2 Å². The van der Waals surface area contributed by atoms with E-state index in [1.165, 1.54) is 25.2 Å². The van der Waals surface area contributed by atoms with E-state index in [0.717, 1.165) is 16.8 Å². The summed E-state index contributed by atoms with van der Waals surface area (Å²) in [6.07, 6.45) is 7.59. The van der Waals surface area contributed by atoms with E-state index < -0.39 is 0 Å². The first kappa shape index (κ1) is 11.8. The number of halogens is 1. The van der Waals surface area contributed by atoms with Crippen molar-refractivity contribution >= 4 is 28.5 Å². The van der Waals surface area contributed by atoms with Crippen LogP contribution in [0.1, 0.15) is 36.0 Å². The molecule has 1 aromatic rings. The molecule has 0 aliphatic heterocycles. The molecule has 0 aromatic carbocycles. The average molecular weight is 331 g/mol. The summed E-state index contributed by atoms with van der Waals surface area (Å²) in [5.74, 6) is -0.0354. The number of carbonyl (C=O) groups is 1. The standard InChI is InChI=1S/C11H14IN3O/c12-9-1-3-10(4-2-9)15-11(16)8-5-6-13-14-7-8/h5-7,9-10H,1-4H2,(H,15,16). The number of nitrogens with one attached hydrogen (secondary N) is 1. The zero-order valence-corrected chi connectivity index (χ0v) is 11.1. The van der Waals surface area contributed by atoms with Crippen molar-refractivity contribution in [3.63, 3.8) is 0 Å². The lowest BCUT2D eigenvalue weighted by atomic mass is 9.95. The van der Waals surface area contributed by atoms with Gasteiger partial charge < -0.3 is 5.32 Å². The van der Waals surface area contributed by atoms with E-state index in [4.69, 9.17) is 0 Å². The van der Waals surface area contributed by atoms with Crippen molar-refractivity contribution in [3.8, 4) is 0 Å². The van der Waals surface area contributed by atoms with Gasteiger partial charge in [-0.05, 0) is 31.7 Å². The number of aromatic nitrogens is 2. The van der Waals surface area contributed by atoms with Crippen molar-refractivity contribution in [3.05, 3.63) is 24.0 Å². The lowest BCUT2D eigenvalue weighted by Crippen LogP contribution is -2.37. The number of amides is 1. The molecule has 1 fully saturated rings. The highest BCUT2D eigenvalue weighted by Gasteiger charge is 2.20. The van der Waals surface area contributed by atoms with E-state index in [1.807, 2.05) is 0 Å². The molecule has 0 bridgehead atoms. The SMILES string of the molecule is O=C(NC1CCC(I)CC1)c1ccnnc1. The number of hydrogen-bond acceptors (Lipinski definition) is 3. The maximum absolute atomic E-state index is 11.8. The van der Waals surface area contributed by atoms with Gasteiger partial charge in [0, 0.05) is 9.97 Å². The summed E-state index contributed by atoms with van der Waals surface area (Å²) >= 11 is 2.48. The number of nitrogens with zero attached hydrogens (tertiary/aromatic N) is 2. The molecule has 1 saturated carbocycles. The Morgan fingerprint density at radius 1 is 1.31 bits per heavy atom. The average Bonchev–Trinajstić information content (AvgIpc) is 2.33. The Hall–Kier alpha value is -0.720. The fourth-order valence-corrected chi connectivity index (χ4v) is 2.61. The quantitative estimate of drug-likeness (QED) is 0.666. The van der Waals surface area contributed by atoms with Crippen LogP contribution in [-0.2, 0) is 0 Å². The molecule has 1 aliphatic rings. The van der Waals surface area contributed by atoms with Crippen LogP contribution in [0.3, 0.4) is 0 Å². The molecule has 5 heteroatoms. The second kappa shape index (κ2) is 5.56. The van der Waals surface area contributed by atoms with Gasteiger partial charge in [0.25, 0.3) is 5.91 Å². The summed E-state index contributed by atoms with van der Waals surface area (Å²) in [6.45, 7) is 0. The third-order valence-electron chi connectivity index (χ3n) is 2.84. The summed E-state index contributed by atoms with van der Waals surface area (Å²) in [5.41, 5.74) is 0.589. The Balaban J connectivity index is 1.88. The second-order valence-corrected chi connectivity index (χ2v) is 5.82. The van der Waals surface area contributed by atoms with Gasteiger partial charge in [-0.15, -0.1) is 0 Å². The van der Waals surface area contributed by atoms with E-state index in [-0.39, 0.29) is 5.91 Å². The van der Waals surface area contributed by atoms with Crippen LogP contribution >= 0.6 is 22.6 Å². The number of hydrogen-bond donors (Lipinski definition) is 1. The van der Waals surface area contributed by atoms with Crippen molar-refractivity contribution in [2.75, 3.05) is 0 Å². The Labute approximate surface area is 108 Å². The van der Waals surface area contributed by atoms with Gasteiger partial charge in [-0.25, -0.2) is 0 Å². The zero-order valence-electron chi connectivity index (χ0n) is 8.90. The summed E-state index contributed by atoms with van der Waals surface area (Å²) < 4.78 is 0.772. The van der Waals surface area contributed by atoms with Crippen LogP contribution in [0.4, 0.5) is 0 Å². The van der Waals surface area contributed by atoms with Crippen molar-refractivity contribution < 1.29 is 4.79 Å². The van der Waals surface area contributed by atoms with Gasteiger partial charge in [-0.1, -0.05) is 22.6 Å². The predicted octanol–water partition coefficient (Wildman–Crippen LogP) is 1.95. The van der Waals surface area contributed by atoms with Crippen LogP contribution in [0.5, 0.6) is 0 Å². The molecule has 1 aliphatic carbocycles. The minimum Gasteiger partial charge on any atom is -0.349 e. The molecular formula is C11H14IN3O. The molecule has 86 valence electrons. The fourth-order valence-electron chi connectivity index (χ4n) is 1.89. The van der Waals surface area contributed by atoms with E-state index in [1.54, 1.807) is 6.07 Å². The summed E-state index contributed by atoms with van der Waals surface area (Å²) in [4.78, 5) is 11.8. The molecule has 1 amide bonds. The van der Waals surface area contributed by atoms with Crippen LogP contribution in [0.2, 0.25) is 0 Å². The van der Waals surface area contributed by atoms with Gasteiger partial charge in [0.1, 0.15) is 0 Å². The molecule has 1 N–H and O–H groups in total. The molecule has 0 saturated heterocycles. The van der Waals surface area contributed by atoms with Crippen LogP contribution in [-0.4, -0.2) is 26.1 Å². The molecule has 0 atom stereocenters. The van der Waals surface area contributed by atoms with Gasteiger partial charge in [0.2, 0.25) is 0 Å². The Bertz CT molecular complexity index is 350. The molecule has 2 rings (SSSR count). The summed E-state index contributed by atoms with van der Waals surface area (Å²) in [6, 6.07) is 2.01. The van der Waals surface area contributed by atoms with Crippen molar-refractivity contribution in [1.82, 2.24) is 15.5 Å². The monoisotopic (exact) mass is 331 g/mol. The Morgan fingerprint density at radius 2 is 2.06 bits per heavy atom. The lowest BCUT2D eigenvalue weighted by molar-refractivity contribution is 0.0928. The third kappa shape index (κ3) is 3.13. The topological polar surface area (TPSA) is 54.9 Å². The zero-order chi connectivity index (χ0) is 11.4. The first-order valence-electron chi connectivity index (χ1n) is 5.47. The van der Waals surface area contributed by atoms with Gasteiger partial charge in [0.15, 0.2) is 0 Å². The van der Waals surface area contributed by atoms with Gasteiger partial charge in [-0.3, -0.25) is 4.79 Å². The molecule has 0 spiro atoms. The summed E-state index contributed by atoms with van der Waals surface area (Å²) in [7, 11) is 0. The summed E-state index contributed by atoms with van der Waals surface area (Å²) in [5, 5.41) is 10.4. The highest BCUT2D eigenvalue weighted by atomic mass is 127. The van der Waals surface area contributed by atoms with Gasteiger partial charge in [0.05, 0.1) is 18.0 Å². The predicted molar refractivity (Wildman–Crippen MR) is 69.6 cm³/mol. The molecule has 4 nitrogen and oxygen atoms in total. The maximum Gasteiger partial charge on any atom is 0.253 e. The van der Waals surface area contributed by atoms with E-state index in [0.29, 0.717) is 11.6 Å². The van der Waals surface area contributed by atoms with Crippen LogP contribution in [0.25, 0.3) is 0 Å². The highest BCUT2D eigenvalue weighted by molar-refractivity contribution is 14.1. The van der Waals surface area contributed by atoms with Crippen molar-refractivity contribution in [2.24, 2.45) is 0 Å². The lowest BCUT2D eigenvalue weighted by Gasteiger charge is -2.25. The number of alkyl halides is 1. The minimum absolute atomic E-state index is 0.0354. The molecule has 1 heterocycles.